The number of nitro benzene ring substituents is 1. The monoisotopic (exact) mass is 382 g/mol. The number of halogens is 1. The number of rotatable bonds is 3. The maximum absolute atomic E-state index is 12.3. The quantitative estimate of drug-likeness (QED) is 0.542. The number of aromatic nitrogens is 2. The molecule has 8 heteroatoms. The summed E-state index contributed by atoms with van der Waals surface area (Å²) in [5.74, 6) is 0.362. The summed E-state index contributed by atoms with van der Waals surface area (Å²) in [5.41, 5.74) is 3.36. The molecule has 0 saturated carbocycles. The van der Waals surface area contributed by atoms with Crippen molar-refractivity contribution >= 4 is 29.0 Å². The van der Waals surface area contributed by atoms with Crippen molar-refractivity contribution in [1.29, 1.82) is 0 Å². The maximum Gasteiger partial charge on any atom is 0.269 e. The average Bonchev–Trinajstić information content (AvgIpc) is 2.98. The van der Waals surface area contributed by atoms with Crippen LogP contribution in [0.4, 0.5) is 11.5 Å². The molecule has 0 bridgehead atoms. The predicted octanol–water partition coefficient (Wildman–Crippen LogP) is 4.22. The van der Waals surface area contributed by atoms with Gasteiger partial charge in [-0.2, -0.15) is 5.10 Å². The van der Waals surface area contributed by atoms with Crippen molar-refractivity contribution in [3.8, 4) is 5.69 Å². The number of carbonyl (C=O) groups excluding carboxylic acids is 1. The summed E-state index contributed by atoms with van der Waals surface area (Å²) in [5, 5.41) is 19.0. The Balaban J connectivity index is 1.82. The molecule has 0 spiro atoms. The SMILES string of the molecule is Cc1nn(-c2ccc([N+](=O)[O-])cc2)c2c1C(c1ccc(Cl)cc1)CC(=O)N2. The van der Waals surface area contributed by atoms with Crippen LogP contribution in [-0.2, 0) is 4.79 Å². The van der Waals surface area contributed by atoms with Crippen LogP contribution in [0.2, 0.25) is 5.02 Å². The summed E-state index contributed by atoms with van der Waals surface area (Å²) in [6, 6.07) is 13.5. The highest BCUT2D eigenvalue weighted by atomic mass is 35.5. The summed E-state index contributed by atoms with van der Waals surface area (Å²) >= 11 is 5.99. The van der Waals surface area contributed by atoms with Gasteiger partial charge in [-0.05, 0) is 36.8 Å². The van der Waals surface area contributed by atoms with E-state index in [4.69, 9.17) is 11.6 Å². The van der Waals surface area contributed by atoms with Gasteiger partial charge in [-0.25, -0.2) is 4.68 Å². The standard InChI is InChI=1S/C19H15ClN4O3/c1-11-18-16(12-2-4-13(20)5-3-12)10-17(25)21-19(18)23(22-11)14-6-8-15(9-7-14)24(26)27/h2-9,16H,10H2,1H3,(H,21,25). The molecular weight excluding hydrogens is 368 g/mol. The third kappa shape index (κ3) is 3.06. The van der Waals surface area contributed by atoms with E-state index in [1.54, 1.807) is 28.9 Å². The zero-order valence-corrected chi connectivity index (χ0v) is 15.1. The molecule has 1 N–H and O–H groups in total. The first-order chi connectivity index (χ1) is 12.9. The number of nitrogens with zero attached hydrogens (tertiary/aromatic N) is 3. The minimum Gasteiger partial charge on any atom is -0.310 e. The van der Waals surface area contributed by atoms with Crippen LogP contribution in [0.25, 0.3) is 5.69 Å². The van der Waals surface area contributed by atoms with Gasteiger partial charge < -0.3 is 5.32 Å². The number of nitrogens with one attached hydrogen (secondary N) is 1. The van der Waals surface area contributed by atoms with Crippen molar-refractivity contribution in [3.05, 3.63) is 80.5 Å². The second-order valence-electron chi connectivity index (χ2n) is 6.39. The number of fused-ring (bicyclic) bond motifs is 1. The first-order valence-electron chi connectivity index (χ1n) is 8.33. The Morgan fingerprint density at radius 2 is 1.85 bits per heavy atom. The molecule has 1 aliphatic rings. The Morgan fingerprint density at radius 1 is 1.19 bits per heavy atom. The number of amides is 1. The van der Waals surface area contributed by atoms with Gasteiger partial charge in [-0.1, -0.05) is 23.7 Å². The highest BCUT2D eigenvalue weighted by molar-refractivity contribution is 6.30. The Kier molecular flexibility index (Phi) is 4.16. The predicted molar refractivity (Wildman–Crippen MR) is 101 cm³/mol. The third-order valence-electron chi connectivity index (χ3n) is 4.68. The van der Waals surface area contributed by atoms with Gasteiger partial charge in [0.05, 0.1) is 16.3 Å². The first-order valence-corrected chi connectivity index (χ1v) is 8.71. The highest BCUT2D eigenvalue weighted by Crippen LogP contribution is 2.40. The van der Waals surface area contributed by atoms with E-state index >= 15 is 0 Å². The van der Waals surface area contributed by atoms with Gasteiger partial charge >= 0.3 is 0 Å². The second kappa shape index (κ2) is 6.51. The molecule has 2 aromatic carbocycles. The average molecular weight is 383 g/mol. The van der Waals surface area contributed by atoms with Gasteiger partial charge in [-0.15, -0.1) is 0 Å². The van der Waals surface area contributed by atoms with Crippen LogP contribution in [-0.4, -0.2) is 20.6 Å². The number of aryl methyl sites for hydroxylation is 1. The fraction of sp³-hybridized carbons (Fsp3) is 0.158. The van der Waals surface area contributed by atoms with Gasteiger partial charge in [-0.3, -0.25) is 14.9 Å². The zero-order valence-electron chi connectivity index (χ0n) is 14.3. The fourth-order valence-corrected chi connectivity index (χ4v) is 3.56. The number of hydrogen-bond donors (Lipinski definition) is 1. The van der Waals surface area contributed by atoms with E-state index in [0.29, 0.717) is 22.9 Å². The van der Waals surface area contributed by atoms with Gasteiger partial charge in [0.25, 0.3) is 5.69 Å². The topological polar surface area (TPSA) is 90.1 Å². The van der Waals surface area contributed by atoms with Crippen LogP contribution < -0.4 is 5.32 Å². The van der Waals surface area contributed by atoms with Crippen LogP contribution in [0.15, 0.2) is 48.5 Å². The Morgan fingerprint density at radius 3 is 2.48 bits per heavy atom. The minimum atomic E-state index is -0.452. The normalized spacial score (nSPS) is 15.9. The largest absolute Gasteiger partial charge is 0.310 e. The maximum atomic E-state index is 12.3. The van der Waals surface area contributed by atoms with E-state index < -0.39 is 4.92 Å². The lowest BCUT2D eigenvalue weighted by atomic mass is 9.86. The van der Waals surface area contributed by atoms with E-state index in [2.05, 4.69) is 10.4 Å². The van der Waals surface area contributed by atoms with Gasteiger partial charge in [0.2, 0.25) is 5.91 Å². The number of anilines is 1. The van der Waals surface area contributed by atoms with Crippen molar-refractivity contribution in [1.82, 2.24) is 9.78 Å². The van der Waals surface area contributed by atoms with Crippen molar-refractivity contribution in [3.63, 3.8) is 0 Å². The third-order valence-corrected chi connectivity index (χ3v) is 4.93. The van der Waals surface area contributed by atoms with Crippen molar-refractivity contribution < 1.29 is 9.72 Å². The lowest BCUT2D eigenvalue weighted by molar-refractivity contribution is -0.384. The van der Waals surface area contributed by atoms with E-state index in [1.807, 2.05) is 19.1 Å². The Labute approximate surface area is 159 Å². The number of non-ortho nitro benzene ring substituents is 1. The van der Waals surface area contributed by atoms with Crippen LogP contribution in [0.5, 0.6) is 0 Å². The van der Waals surface area contributed by atoms with E-state index in [0.717, 1.165) is 16.8 Å². The molecule has 4 rings (SSSR count). The second-order valence-corrected chi connectivity index (χ2v) is 6.83. The zero-order chi connectivity index (χ0) is 19.1. The molecule has 1 unspecified atom stereocenters. The summed E-state index contributed by atoms with van der Waals surface area (Å²) < 4.78 is 1.62. The van der Waals surface area contributed by atoms with E-state index in [9.17, 15) is 14.9 Å². The molecular formula is C19H15ClN4O3. The molecule has 1 aliphatic heterocycles. The molecule has 2 heterocycles. The lowest BCUT2D eigenvalue weighted by Gasteiger charge is -2.24. The molecule has 136 valence electrons. The highest BCUT2D eigenvalue weighted by Gasteiger charge is 2.32. The smallest absolute Gasteiger partial charge is 0.269 e. The van der Waals surface area contributed by atoms with Gasteiger partial charge in [0.1, 0.15) is 5.82 Å². The van der Waals surface area contributed by atoms with Crippen LogP contribution >= 0.6 is 11.6 Å². The number of benzene rings is 2. The molecule has 1 aromatic heterocycles. The van der Waals surface area contributed by atoms with Crippen molar-refractivity contribution in [2.45, 2.75) is 19.3 Å². The molecule has 0 radical (unpaired) electrons. The van der Waals surface area contributed by atoms with E-state index in [-0.39, 0.29) is 17.5 Å². The molecule has 7 nitrogen and oxygen atoms in total. The summed E-state index contributed by atoms with van der Waals surface area (Å²) in [6.07, 6.45) is 0.321. The summed E-state index contributed by atoms with van der Waals surface area (Å²) in [7, 11) is 0. The molecule has 0 saturated heterocycles. The summed E-state index contributed by atoms with van der Waals surface area (Å²) in [6.45, 7) is 1.89. The van der Waals surface area contributed by atoms with Crippen LogP contribution in [0.1, 0.15) is 29.2 Å². The summed E-state index contributed by atoms with van der Waals surface area (Å²) in [4.78, 5) is 22.8. The molecule has 1 amide bonds. The van der Waals surface area contributed by atoms with Crippen LogP contribution in [0, 0.1) is 17.0 Å². The molecule has 1 atom stereocenters. The molecule has 0 fully saturated rings. The minimum absolute atomic E-state index is 0.000396. The molecule has 0 aliphatic carbocycles. The van der Waals surface area contributed by atoms with Gasteiger partial charge in [0, 0.05) is 35.1 Å². The molecule has 27 heavy (non-hydrogen) atoms. The Bertz CT molecular complexity index is 1040. The number of nitro groups is 1. The van der Waals surface area contributed by atoms with Crippen LogP contribution in [0.3, 0.4) is 0 Å². The van der Waals surface area contributed by atoms with Crippen molar-refractivity contribution in [2.75, 3.05) is 5.32 Å². The van der Waals surface area contributed by atoms with Crippen molar-refractivity contribution in [2.24, 2.45) is 0 Å². The number of carbonyl (C=O) groups is 1. The van der Waals surface area contributed by atoms with Gasteiger partial charge in [0.15, 0.2) is 0 Å². The lowest BCUT2D eigenvalue weighted by Crippen LogP contribution is -2.24. The fourth-order valence-electron chi connectivity index (χ4n) is 3.43. The Hall–Kier alpha value is -3.19. The molecule has 3 aromatic rings. The first kappa shape index (κ1) is 17.2. The van der Waals surface area contributed by atoms with E-state index in [1.165, 1.54) is 12.1 Å². The number of hydrogen-bond acceptors (Lipinski definition) is 4.